The number of benzene rings is 1. The van der Waals surface area contributed by atoms with Crippen LogP contribution in [0.1, 0.15) is 37.7 Å². The van der Waals surface area contributed by atoms with Crippen molar-refractivity contribution in [3.63, 3.8) is 0 Å². The van der Waals surface area contributed by atoms with E-state index in [4.69, 9.17) is 9.47 Å². The number of carbonyl (C=O) groups is 2. The predicted molar refractivity (Wildman–Crippen MR) is 103 cm³/mol. The Morgan fingerprint density at radius 3 is 2.82 bits per heavy atom. The third-order valence-electron chi connectivity index (χ3n) is 6.73. The van der Waals surface area contributed by atoms with Crippen molar-refractivity contribution < 1.29 is 19.1 Å². The van der Waals surface area contributed by atoms with E-state index in [9.17, 15) is 9.59 Å². The monoisotopic (exact) mass is 384 g/mol. The van der Waals surface area contributed by atoms with Crippen LogP contribution in [0.25, 0.3) is 0 Å². The van der Waals surface area contributed by atoms with Crippen LogP contribution in [0.15, 0.2) is 24.3 Å². The normalized spacial score (nSPS) is 28.6. The van der Waals surface area contributed by atoms with Crippen molar-refractivity contribution in [2.24, 2.45) is 5.92 Å². The second-order valence-corrected chi connectivity index (χ2v) is 8.81. The number of rotatable bonds is 3. The van der Waals surface area contributed by atoms with Crippen molar-refractivity contribution in [1.29, 1.82) is 0 Å². The molecule has 1 aromatic carbocycles. The zero-order valence-electron chi connectivity index (χ0n) is 16.3. The molecule has 1 spiro atoms. The summed E-state index contributed by atoms with van der Waals surface area (Å²) in [6.07, 6.45) is 5.14. The van der Waals surface area contributed by atoms with Gasteiger partial charge in [-0.15, -0.1) is 0 Å². The molecule has 0 bridgehead atoms. The van der Waals surface area contributed by atoms with Crippen LogP contribution in [0.5, 0.6) is 5.75 Å². The molecule has 1 aromatic rings. The van der Waals surface area contributed by atoms with Gasteiger partial charge in [0.15, 0.2) is 6.10 Å². The average molecular weight is 384 g/mol. The maximum absolute atomic E-state index is 12.8. The number of likely N-dealkylation sites (tertiary alicyclic amines) is 2. The molecule has 0 N–H and O–H groups in total. The Morgan fingerprint density at radius 2 is 2.07 bits per heavy atom. The molecule has 2 amide bonds. The first-order chi connectivity index (χ1) is 13.6. The number of fused-ring (bicyclic) bond motifs is 1. The van der Waals surface area contributed by atoms with E-state index in [0.29, 0.717) is 44.4 Å². The molecule has 4 aliphatic rings. The Balaban J connectivity index is 1.10. The second kappa shape index (κ2) is 7.07. The number of ether oxygens (including phenoxy) is 2. The molecule has 3 saturated heterocycles. The standard InChI is InChI=1S/C22H28N2O4/c25-20-7-3-4-10-23(20)12-16-8-9-22(27-13-16)14-24(15-22)21(26)19-11-17-5-1-2-6-18(17)28-19/h1-2,5-6,16,19H,3-4,7-15H2/t16-,19-/m0/s1. The first kappa shape index (κ1) is 18.0. The van der Waals surface area contributed by atoms with E-state index in [-0.39, 0.29) is 11.5 Å². The molecule has 6 nitrogen and oxygen atoms in total. The van der Waals surface area contributed by atoms with E-state index in [2.05, 4.69) is 0 Å². The van der Waals surface area contributed by atoms with Crippen LogP contribution in [0.4, 0.5) is 0 Å². The Labute approximate surface area is 165 Å². The van der Waals surface area contributed by atoms with Crippen LogP contribution < -0.4 is 4.74 Å². The van der Waals surface area contributed by atoms with E-state index < -0.39 is 6.10 Å². The lowest BCUT2D eigenvalue weighted by Gasteiger charge is -2.53. The van der Waals surface area contributed by atoms with Gasteiger partial charge < -0.3 is 19.3 Å². The Hall–Kier alpha value is -2.08. The Morgan fingerprint density at radius 1 is 1.21 bits per heavy atom. The molecule has 4 heterocycles. The van der Waals surface area contributed by atoms with Crippen LogP contribution >= 0.6 is 0 Å². The molecule has 5 rings (SSSR count). The summed E-state index contributed by atoms with van der Waals surface area (Å²) in [6, 6.07) is 7.88. The van der Waals surface area contributed by atoms with Crippen molar-refractivity contribution >= 4 is 11.8 Å². The first-order valence-electron chi connectivity index (χ1n) is 10.6. The number of piperidine rings is 1. The van der Waals surface area contributed by atoms with Gasteiger partial charge in [-0.1, -0.05) is 18.2 Å². The fraction of sp³-hybridized carbons (Fsp3) is 0.636. The summed E-state index contributed by atoms with van der Waals surface area (Å²) in [7, 11) is 0. The number of hydrogen-bond donors (Lipinski definition) is 0. The van der Waals surface area contributed by atoms with E-state index in [1.165, 1.54) is 0 Å². The van der Waals surface area contributed by atoms with Gasteiger partial charge in [-0.3, -0.25) is 9.59 Å². The fourth-order valence-corrected chi connectivity index (χ4v) is 5.01. The minimum atomic E-state index is -0.392. The highest BCUT2D eigenvalue weighted by Gasteiger charge is 2.50. The largest absolute Gasteiger partial charge is 0.480 e. The number of amides is 2. The zero-order chi connectivity index (χ0) is 19.1. The summed E-state index contributed by atoms with van der Waals surface area (Å²) >= 11 is 0. The maximum atomic E-state index is 12.8. The lowest BCUT2D eigenvalue weighted by atomic mass is 9.82. The van der Waals surface area contributed by atoms with Crippen LogP contribution in [0.2, 0.25) is 0 Å². The predicted octanol–water partition coefficient (Wildman–Crippen LogP) is 2.01. The summed E-state index contributed by atoms with van der Waals surface area (Å²) in [5.74, 6) is 1.63. The third kappa shape index (κ3) is 3.28. The van der Waals surface area contributed by atoms with Gasteiger partial charge in [0.1, 0.15) is 11.4 Å². The third-order valence-corrected chi connectivity index (χ3v) is 6.73. The summed E-state index contributed by atoms with van der Waals surface area (Å²) < 4.78 is 12.1. The van der Waals surface area contributed by atoms with Crippen LogP contribution in [0.3, 0.4) is 0 Å². The van der Waals surface area contributed by atoms with Gasteiger partial charge in [-0.05, 0) is 37.3 Å². The van der Waals surface area contributed by atoms with Crippen LogP contribution in [0, 0.1) is 5.92 Å². The van der Waals surface area contributed by atoms with Crippen molar-refractivity contribution in [3.8, 4) is 5.75 Å². The molecule has 6 heteroatoms. The quantitative estimate of drug-likeness (QED) is 0.800. The van der Waals surface area contributed by atoms with E-state index in [1.807, 2.05) is 34.1 Å². The van der Waals surface area contributed by atoms with Crippen molar-refractivity contribution in [2.45, 2.75) is 50.2 Å². The van der Waals surface area contributed by atoms with Crippen molar-refractivity contribution in [3.05, 3.63) is 29.8 Å². The average Bonchev–Trinajstić information content (AvgIpc) is 3.12. The molecule has 3 fully saturated rings. The SMILES string of the molecule is O=C1CCCCN1C[C@@H]1CCC2(CN(C(=O)[C@@H]3Cc4ccccc4O3)C2)OC1. The smallest absolute Gasteiger partial charge is 0.264 e. The number of hydrogen-bond acceptors (Lipinski definition) is 4. The van der Waals surface area contributed by atoms with E-state index in [1.54, 1.807) is 0 Å². The minimum Gasteiger partial charge on any atom is -0.480 e. The molecule has 0 aliphatic carbocycles. The van der Waals surface area contributed by atoms with Gasteiger partial charge in [0.25, 0.3) is 5.91 Å². The first-order valence-corrected chi connectivity index (χ1v) is 10.6. The Kier molecular flexibility index (Phi) is 4.54. The number of carbonyl (C=O) groups excluding carboxylic acids is 2. The van der Waals surface area contributed by atoms with Crippen LogP contribution in [-0.2, 0) is 20.7 Å². The fourth-order valence-electron chi connectivity index (χ4n) is 5.01. The minimum absolute atomic E-state index is 0.0754. The second-order valence-electron chi connectivity index (χ2n) is 8.81. The molecule has 2 atom stereocenters. The molecule has 28 heavy (non-hydrogen) atoms. The summed E-state index contributed by atoms with van der Waals surface area (Å²) in [4.78, 5) is 28.7. The molecular formula is C22H28N2O4. The van der Waals surface area contributed by atoms with Crippen molar-refractivity contribution in [2.75, 3.05) is 32.8 Å². The molecule has 0 saturated carbocycles. The molecule has 0 radical (unpaired) electrons. The van der Waals surface area contributed by atoms with E-state index >= 15 is 0 Å². The zero-order valence-corrected chi connectivity index (χ0v) is 16.3. The van der Waals surface area contributed by atoms with E-state index in [0.717, 1.165) is 50.1 Å². The van der Waals surface area contributed by atoms with Crippen LogP contribution in [-0.4, -0.2) is 66.1 Å². The molecule has 0 aromatic heterocycles. The summed E-state index contributed by atoms with van der Waals surface area (Å²) in [5, 5.41) is 0. The number of nitrogens with zero attached hydrogens (tertiary/aromatic N) is 2. The maximum Gasteiger partial charge on any atom is 0.264 e. The van der Waals surface area contributed by atoms with Gasteiger partial charge in [0, 0.05) is 31.8 Å². The van der Waals surface area contributed by atoms with Gasteiger partial charge in [0.05, 0.1) is 19.7 Å². The van der Waals surface area contributed by atoms with Gasteiger partial charge in [0.2, 0.25) is 5.91 Å². The van der Waals surface area contributed by atoms with Gasteiger partial charge in [-0.2, -0.15) is 0 Å². The summed E-state index contributed by atoms with van der Waals surface area (Å²) in [6.45, 7) is 3.74. The highest BCUT2D eigenvalue weighted by Crippen LogP contribution is 2.38. The number of para-hydroxylation sites is 1. The lowest BCUT2D eigenvalue weighted by molar-refractivity contribution is -0.193. The van der Waals surface area contributed by atoms with Gasteiger partial charge >= 0.3 is 0 Å². The lowest BCUT2D eigenvalue weighted by Crippen LogP contribution is -2.68. The molecule has 150 valence electrons. The Bertz CT molecular complexity index is 739. The molecule has 0 unspecified atom stereocenters. The highest BCUT2D eigenvalue weighted by molar-refractivity contribution is 5.83. The topological polar surface area (TPSA) is 59.1 Å². The highest BCUT2D eigenvalue weighted by atomic mass is 16.5. The molecule has 4 aliphatic heterocycles. The summed E-state index contributed by atoms with van der Waals surface area (Å²) in [5.41, 5.74) is 0.934. The van der Waals surface area contributed by atoms with Crippen molar-refractivity contribution in [1.82, 2.24) is 9.80 Å². The van der Waals surface area contributed by atoms with Gasteiger partial charge in [-0.25, -0.2) is 0 Å². The molecular weight excluding hydrogens is 356 g/mol.